The van der Waals surface area contributed by atoms with E-state index in [1.165, 1.54) is 13.1 Å². The fourth-order valence-electron chi connectivity index (χ4n) is 1.68. The van der Waals surface area contributed by atoms with Crippen LogP contribution in [0.2, 0.25) is 0 Å². The summed E-state index contributed by atoms with van der Waals surface area (Å²) in [6, 6.07) is 1.53. The average molecular weight is 276 g/mol. The van der Waals surface area contributed by atoms with Crippen molar-refractivity contribution in [3.05, 3.63) is 11.9 Å². The molecule has 1 heterocycles. The number of halogens is 3. The molecule has 108 valence electrons. The first-order valence-corrected chi connectivity index (χ1v) is 6.16. The minimum Gasteiger partial charge on any atom is -0.373 e. The monoisotopic (exact) mass is 276 g/mol. The van der Waals surface area contributed by atoms with Gasteiger partial charge in [0.25, 0.3) is 0 Å². The van der Waals surface area contributed by atoms with Crippen molar-refractivity contribution in [1.82, 2.24) is 9.97 Å². The van der Waals surface area contributed by atoms with Crippen LogP contribution in [-0.4, -0.2) is 30.1 Å². The van der Waals surface area contributed by atoms with E-state index in [-0.39, 0.29) is 5.82 Å². The summed E-state index contributed by atoms with van der Waals surface area (Å²) in [5.41, 5.74) is 0. The maximum Gasteiger partial charge on any atom is 0.451 e. The van der Waals surface area contributed by atoms with E-state index < -0.39 is 12.0 Å². The zero-order valence-corrected chi connectivity index (χ0v) is 11.5. The van der Waals surface area contributed by atoms with E-state index in [0.717, 1.165) is 0 Å². The van der Waals surface area contributed by atoms with Gasteiger partial charge in [-0.25, -0.2) is 9.97 Å². The number of hydrogen-bond acceptors (Lipinski definition) is 4. The number of aromatic nitrogens is 2. The summed E-state index contributed by atoms with van der Waals surface area (Å²) >= 11 is 0. The third-order valence-corrected chi connectivity index (χ3v) is 2.51. The fraction of sp³-hybridized carbons (Fsp3) is 0.667. The topological polar surface area (TPSA) is 41.0 Å². The Morgan fingerprint density at radius 1 is 1.32 bits per heavy atom. The van der Waals surface area contributed by atoms with Crippen LogP contribution in [-0.2, 0) is 6.18 Å². The number of hydrogen-bond donors (Lipinski definition) is 1. The van der Waals surface area contributed by atoms with Crippen molar-refractivity contribution in [3.63, 3.8) is 0 Å². The predicted molar refractivity (Wildman–Crippen MR) is 69.3 cm³/mol. The molecule has 0 aliphatic heterocycles. The summed E-state index contributed by atoms with van der Waals surface area (Å²) in [4.78, 5) is 8.88. The van der Waals surface area contributed by atoms with Crippen LogP contribution >= 0.6 is 0 Å². The zero-order valence-electron chi connectivity index (χ0n) is 11.5. The molecule has 0 saturated carbocycles. The fourth-order valence-corrected chi connectivity index (χ4v) is 1.68. The summed E-state index contributed by atoms with van der Waals surface area (Å²) < 4.78 is 38.2. The van der Waals surface area contributed by atoms with Crippen LogP contribution in [0.1, 0.15) is 26.6 Å². The molecule has 1 rings (SSSR count). The summed E-state index contributed by atoms with van der Waals surface area (Å²) in [5.74, 6) is -0.318. The molecule has 0 aliphatic rings. The van der Waals surface area contributed by atoms with Crippen molar-refractivity contribution < 1.29 is 13.2 Å². The van der Waals surface area contributed by atoms with E-state index in [9.17, 15) is 13.2 Å². The lowest BCUT2D eigenvalue weighted by atomic mass is 10.2. The molecule has 0 amide bonds. The molecule has 0 aromatic carbocycles. The van der Waals surface area contributed by atoms with Gasteiger partial charge < -0.3 is 10.2 Å². The number of alkyl halides is 3. The number of rotatable bonds is 5. The predicted octanol–water partition coefficient (Wildman–Crippen LogP) is 3.02. The molecular weight excluding hydrogens is 257 g/mol. The van der Waals surface area contributed by atoms with Crippen LogP contribution in [0, 0.1) is 5.92 Å². The second kappa shape index (κ2) is 6.08. The molecule has 0 aliphatic carbocycles. The van der Waals surface area contributed by atoms with Crippen LogP contribution in [0.3, 0.4) is 0 Å². The highest BCUT2D eigenvalue weighted by Gasteiger charge is 2.35. The number of nitrogens with one attached hydrogen (secondary N) is 1. The smallest absolute Gasteiger partial charge is 0.373 e. The molecule has 0 atom stereocenters. The van der Waals surface area contributed by atoms with E-state index in [1.807, 2.05) is 25.7 Å². The highest BCUT2D eigenvalue weighted by molar-refractivity contribution is 5.49. The molecule has 1 N–H and O–H groups in total. The van der Waals surface area contributed by atoms with E-state index in [0.29, 0.717) is 24.8 Å². The largest absolute Gasteiger partial charge is 0.451 e. The average Bonchev–Trinajstić information content (AvgIpc) is 2.34. The SMILES string of the molecule is CCN(CC(C)C)c1cc(NC)nc(C(F)(F)F)n1. The third kappa shape index (κ3) is 4.25. The Bertz CT molecular complexity index is 418. The van der Waals surface area contributed by atoms with Gasteiger partial charge in [-0.15, -0.1) is 0 Å². The van der Waals surface area contributed by atoms with Gasteiger partial charge in [-0.1, -0.05) is 13.8 Å². The third-order valence-electron chi connectivity index (χ3n) is 2.51. The van der Waals surface area contributed by atoms with Gasteiger partial charge in [0.15, 0.2) is 0 Å². The van der Waals surface area contributed by atoms with Crippen molar-refractivity contribution in [2.75, 3.05) is 30.4 Å². The Labute approximate surface area is 111 Å². The van der Waals surface area contributed by atoms with E-state index in [2.05, 4.69) is 15.3 Å². The minimum atomic E-state index is -4.54. The second-order valence-corrected chi connectivity index (χ2v) is 4.62. The van der Waals surface area contributed by atoms with Crippen molar-refractivity contribution in [1.29, 1.82) is 0 Å². The summed E-state index contributed by atoms with van der Waals surface area (Å²) in [5, 5.41) is 2.63. The quantitative estimate of drug-likeness (QED) is 0.897. The first-order chi connectivity index (χ1) is 8.77. The van der Waals surface area contributed by atoms with Crippen molar-refractivity contribution >= 4 is 11.6 Å². The van der Waals surface area contributed by atoms with Crippen LogP contribution in [0.5, 0.6) is 0 Å². The molecule has 1 aromatic rings. The Hall–Kier alpha value is -1.53. The van der Waals surface area contributed by atoms with Gasteiger partial charge in [0.2, 0.25) is 5.82 Å². The minimum absolute atomic E-state index is 0.166. The van der Waals surface area contributed by atoms with Gasteiger partial charge in [-0.05, 0) is 12.8 Å². The molecule has 0 radical (unpaired) electrons. The second-order valence-electron chi connectivity index (χ2n) is 4.62. The molecule has 0 unspecified atom stereocenters. The van der Waals surface area contributed by atoms with Gasteiger partial charge in [-0.3, -0.25) is 0 Å². The molecule has 19 heavy (non-hydrogen) atoms. The van der Waals surface area contributed by atoms with Gasteiger partial charge in [0.1, 0.15) is 11.6 Å². The molecule has 0 fully saturated rings. The lowest BCUT2D eigenvalue weighted by molar-refractivity contribution is -0.144. The lowest BCUT2D eigenvalue weighted by Crippen LogP contribution is -2.29. The molecule has 1 aromatic heterocycles. The highest BCUT2D eigenvalue weighted by atomic mass is 19.4. The van der Waals surface area contributed by atoms with Gasteiger partial charge in [0.05, 0.1) is 0 Å². The van der Waals surface area contributed by atoms with E-state index >= 15 is 0 Å². The van der Waals surface area contributed by atoms with Crippen LogP contribution in [0.25, 0.3) is 0 Å². The first-order valence-electron chi connectivity index (χ1n) is 6.16. The number of nitrogens with zero attached hydrogens (tertiary/aromatic N) is 3. The maximum absolute atomic E-state index is 12.7. The van der Waals surface area contributed by atoms with Crippen LogP contribution < -0.4 is 10.2 Å². The Balaban J connectivity index is 3.18. The van der Waals surface area contributed by atoms with Crippen molar-refractivity contribution in [2.45, 2.75) is 26.9 Å². The van der Waals surface area contributed by atoms with E-state index in [1.54, 1.807) is 0 Å². The maximum atomic E-state index is 12.7. The molecule has 4 nitrogen and oxygen atoms in total. The Morgan fingerprint density at radius 3 is 2.37 bits per heavy atom. The number of anilines is 2. The van der Waals surface area contributed by atoms with Crippen LogP contribution in [0.4, 0.5) is 24.8 Å². The van der Waals surface area contributed by atoms with Crippen molar-refractivity contribution in [3.8, 4) is 0 Å². The molecular formula is C12H19F3N4. The summed E-state index contributed by atoms with van der Waals surface area (Å²) in [7, 11) is 1.53. The highest BCUT2D eigenvalue weighted by Crippen LogP contribution is 2.29. The van der Waals surface area contributed by atoms with Crippen molar-refractivity contribution in [2.24, 2.45) is 5.92 Å². The molecule has 7 heteroatoms. The molecule has 0 spiro atoms. The summed E-state index contributed by atoms with van der Waals surface area (Å²) in [6.45, 7) is 7.14. The summed E-state index contributed by atoms with van der Waals surface area (Å²) in [6.07, 6.45) is -4.54. The van der Waals surface area contributed by atoms with Gasteiger partial charge >= 0.3 is 6.18 Å². The first kappa shape index (κ1) is 15.5. The van der Waals surface area contributed by atoms with Crippen LogP contribution in [0.15, 0.2) is 6.07 Å². The van der Waals surface area contributed by atoms with Gasteiger partial charge in [0, 0.05) is 26.2 Å². The lowest BCUT2D eigenvalue weighted by Gasteiger charge is -2.25. The Kier molecular flexibility index (Phi) is 4.97. The zero-order chi connectivity index (χ0) is 14.6. The van der Waals surface area contributed by atoms with E-state index in [4.69, 9.17) is 0 Å². The molecule has 0 saturated heterocycles. The standard InChI is InChI=1S/C12H19F3N4/c1-5-19(7-8(2)3)10-6-9(16-4)17-11(18-10)12(13,14)15/h6,8H,5,7H2,1-4H3,(H,16,17,18). The Morgan fingerprint density at radius 2 is 1.95 bits per heavy atom. The van der Waals surface area contributed by atoms with Gasteiger partial charge in [-0.2, -0.15) is 13.2 Å². The molecule has 0 bridgehead atoms. The normalized spacial score (nSPS) is 11.8.